The molecular weight excluding hydrogens is 279 g/mol. The number of hydrogen-bond donors (Lipinski definition) is 0. The average molecular weight is 288 g/mol. The maximum absolute atomic E-state index is 11.3. The van der Waals surface area contributed by atoms with Gasteiger partial charge in [0, 0.05) is 20.7 Å². The molecule has 0 fully saturated rings. The largest absolute Gasteiger partial charge is 0.239 e. The van der Waals surface area contributed by atoms with E-state index >= 15 is 0 Å². The summed E-state index contributed by atoms with van der Waals surface area (Å²) in [6, 6.07) is 4.68. The summed E-state index contributed by atoms with van der Waals surface area (Å²) in [5.41, 5.74) is 0.485. The van der Waals surface area contributed by atoms with Gasteiger partial charge >= 0.3 is 0 Å². The maximum atomic E-state index is 11.3. The third-order valence-electron chi connectivity index (χ3n) is 2.02. The molecule has 0 N–H and O–H groups in total. The van der Waals surface area contributed by atoms with Crippen LogP contribution in [0.4, 0.5) is 0 Å². The first-order valence-electron chi connectivity index (χ1n) is 4.24. The van der Waals surface area contributed by atoms with Crippen LogP contribution < -0.4 is 0 Å². The first kappa shape index (κ1) is 13.1. The predicted molar refractivity (Wildman–Crippen MR) is 64.3 cm³/mol. The van der Waals surface area contributed by atoms with Gasteiger partial charge in [-0.2, -0.15) is 0 Å². The van der Waals surface area contributed by atoms with Crippen molar-refractivity contribution in [2.45, 2.75) is 18.6 Å². The van der Waals surface area contributed by atoms with Crippen LogP contribution in [0.15, 0.2) is 18.2 Å². The summed E-state index contributed by atoms with van der Waals surface area (Å²) >= 11 is 11.6. The van der Waals surface area contributed by atoms with E-state index in [0.717, 1.165) is 0 Å². The first-order chi connectivity index (χ1) is 6.86. The van der Waals surface area contributed by atoms with Crippen molar-refractivity contribution in [1.29, 1.82) is 0 Å². The van der Waals surface area contributed by atoms with E-state index in [2.05, 4.69) is 0 Å². The monoisotopic (exact) mass is 286 g/mol. The fraction of sp³-hybridized carbons (Fsp3) is 0.333. The standard InChI is InChI=1S/C9H9Cl3O2S/c1-2-9(15(12,13)14)7-4-3-6(10)5-8(7)11/h3-5,9H,2H2,1H3. The molecule has 15 heavy (non-hydrogen) atoms. The Morgan fingerprint density at radius 3 is 2.33 bits per heavy atom. The second kappa shape index (κ2) is 4.91. The van der Waals surface area contributed by atoms with Crippen molar-refractivity contribution in [2.75, 3.05) is 0 Å². The predicted octanol–water partition coefficient (Wildman–Crippen LogP) is 4.01. The van der Waals surface area contributed by atoms with Crippen molar-refractivity contribution in [1.82, 2.24) is 0 Å². The fourth-order valence-electron chi connectivity index (χ4n) is 1.33. The summed E-state index contributed by atoms with van der Waals surface area (Å²) in [4.78, 5) is 0. The lowest BCUT2D eigenvalue weighted by atomic mass is 10.1. The Bertz CT molecular complexity index is 456. The lowest BCUT2D eigenvalue weighted by Crippen LogP contribution is -2.06. The normalized spacial score (nSPS) is 13.9. The smallest absolute Gasteiger partial charge is 0.212 e. The van der Waals surface area contributed by atoms with Crippen LogP contribution in [0.1, 0.15) is 24.2 Å². The van der Waals surface area contributed by atoms with Crippen LogP contribution in [0.2, 0.25) is 10.0 Å². The van der Waals surface area contributed by atoms with Gasteiger partial charge in [0.2, 0.25) is 9.05 Å². The van der Waals surface area contributed by atoms with Gasteiger partial charge in [0.15, 0.2) is 0 Å². The molecule has 1 aromatic carbocycles. The highest BCUT2D eigenvalue weighted by atomic mass is 35.7. The van der Waals surface area contributed by atoms with Crippen LogP contribution in [0.5, 0.6) is 0 Å². The molecule has 0 spiro atoms. The molecule has 0 aliphatic heterocycles. The second-order valence-corrected chi connectivity index (χ2v) is 6.69. The zero-order chi connectivity index (χ0) is 11.6. The second-order valence-electron chi connectivity index (χ2n) is 3.04. The van der Waals surface area contributed by atoms with Gasteiger partial charge in [-0.3, -0.25) is 0 Å². The summed E-state index contributed by atoms with van der Waals surface area (Å²) in [5, 5.41) is -0.00641. The molecule has 0 bridgehead atoms. The van der Waals surface area contributed by atoms with Gasteiger partial charge in [-0.15, -0.1) is 0 Å². The molecule has 0 aromatic heterocycles. The van der Waals surface area contributed by atoms with Gasteiger partial charge < -0.3 is 0 Å². The molecule has 0 radical (unpaired) electrons. The van der Waals surface area contributed by atoms with Crippen molar-refractivity contribution in [2.24, 2.45) is 0 Å². The van der Waals surface area contributed by atoms with Gasteiger partial charge in [-0.05, 0) is 24.1 Å². The highest BCUT2D eigenvalue weighted by Gasteiger charge is 2.25. The SMILES string of the molecule is CCC(c1ccc(Cl)cc1Cl)S(=O)(=O)Cl. The molecule has 1 unspecified atom stereocenters. The minimum atomic E-state index is -3.66. The van der Waals surface area contributed by atoms with Crippen molar-refractivity contribution in [3.63, 3.8) is 0 Å². The van der Waals surface area contributed by atoms with Crippen LogP contribution in [-0.4, -0.2) is 8.42 Å². The van der Waals surface area contributed by atoms with Gasteiger partial charge in [0.25, 0.3) is 0 Å². The molecule has 84 valence electrons. The van der Waals surface area contributed by atoms with Crippen molar-refractivity contribution in [3.05, 3.63) is 33.8 Å². The highest BCUT2D eigenvalue weighted by Crippen LogP contribution is 2.34. The maximum Gasteiger partial charge on any atom is 0.239 e. The van der Waals surface area contributed by atoms with E-state index in [1.165, 1.54) is 6.07 Å². The Kier molecular flexibility index (Phi) is 4.29. The Morgan fingerprint density at radius 1 is 1.33 bits per heavy atom. The van der Waals surface area contributed by atoms with Gasteiger partial charge in [0.1, 0.15) is 5.25 Å². The summed E-state index contributed by atoms with van der Waals surface area (Å²) in [7, 11) is 1.67. The zero-order valence-electron chi connectivity index (χ0n) is 7.88. The van der Waals surface area contributed by atoms with Crippen LogP contribution >= 0.6 is 33.9 Å². The molecule has 0 amide bonds. The van der Waals surface area contributed by atoms with E-state index < -0.39 is 14.3 Å². The number of halogens is 3. The quantitative estimate of drug-likeness (QED) is 0.787. The van der Waals surface area contributed by atoms with E-state index in [9.17, 15) is 8.42 Å². The minimum Gasteiger partial charge on any atom is -0.212 e. The summed E-state index contributed by atoms with van der Waals surface area (Å²) in [6.45, 7) is 1.73. The average Bonchev–Trinajstić information content (AvgIpc) is 2.07. The molecule has 1 atom stereocenters. The van der Waals surface area contributed by atoms with Crippen molar-refractivity contribution >= 4 is 42.9 Å². The molecule has 0 saturated carbocycles. The van der Waals surface area contributed by atoms with E-state index in [4.69, 9.17) is 33.9 Å². The molecule has 0 heterocycles. The Morgan fingerprint density at radius 2 is 1.93 bits per heavy atom. The third-order valence-corrected chi connectivity index (χ3v) is 4.49. The number of hydrogen-bond acceptors (Lipinski definition) is 2. The molecular formula is C9H9Cl3O2S. The van der Waals surface area contributed by atoms with E-state index in [0.29, 0.717) is 22.0 Å². The van der Waals surface area contributed by atoms with Crippen molar-refractivity contribution in [3.8, 4) is 0 Å². The lowest BCUT2D eigenvalue weighted by Gasteiger charge is -2.13. The van der Waals surface area contributed by atoms with E-state index in [-0.39, 0.29) is 0 Å². The molecule has 0 saturated heterocycles. The summed E-state index contributed by atoms with van der Waals surface area (Å²) in [6.07, 6.45) is 0.368. The molecule has 0 aliphatic carbocycles. The van der Waals surface area contributed by atoms with Crippen LogP contribution in [0, 0.1) is 0 Å². The zero-order valence-corrected chi connectivity index (χ0v) is 11.0. The fourth-order valence-corrected chi connectivity index (χ4v) is 3.51. The van der Waals surface area contributed by atoms with Crippen molar-refractivity contribution < 1.29 is 8.42 Å². The van der Waals surface area contributed by atoms with Gasteiger partial charge in [0.05, 0.1) is 0 Å². The van der Waals surface area contributed by atoms with E-state index in [1.54, 1.807) is 19.1 Å². The van der Waals surface area contributed by atoms with E-state index in [1.807, 2.05) is 0 Å². The number of rotatable bonds is 3. The summed E-state index contributed by atoms with van der Waals surface area (Å²) in [5.74, 6) is 0. The molecule has 1 rings (SSSR count). The van der Waals surface area contributed by atoms with Crippen LogP contribution in [-0.2, 0) is 9.05 Å². The highest BCUT2D eigenvalue weighted by molar-refractivity contribution is 8.13. The number of benzene rings is 1. The Balaban J connectivity index is 3.25. The molecule has 2 nitrogen and oxygen atoms in total. The first-order valence-corrected chi connectivity index (χ1v) is 7.37. The minimum absolute atomic E-state index is 0.318. The molecule has 0 aliphatic rings. The third kappa shape index (κ3) is 3.25. The van der Waals surface area contributed by atoms with Gasteiger partial charge in [-0.25, -0.2) is 8.42 Å². The lowest BCUT2D eigenvalue weighted by molar-refractivity contribution is 0.594. The van der Waals surface area contributed by atoms with Crippen LogP contribution in [0.3, 0.4) is 0 Å². The molecule has 6 heteroatoms. The van der Waals surface area contributed by atoms with Crippen LogP contribution in [0.25, 0.3) is 0 Å². The Labute approximate surface area is 104 Å². The topological polar surface area (TPSA) is 34.1 Å². The van der Waals surface area contributed by atoms with Gasteiger partial charge in [-0.1, -0.05) is 36.2 Å². The molecule has 1 aromatic rings. The summed E-state index contributed by atoms with van der Waals surface area (Å²) < 4.78 is 22.5. The Hall–Kier alpha value is 0.0400.